The van der Waals surface area contributed by atoms with Gasteiger partial charge in [-0.25, -0.2) is 4.98 Å². The van der Waals surface area contributed by atoms with E-state index in [2.05, 4.69) is 46.7 Å². The minimum Gasteiger partial charge on any atom is -0.493 e. The maximum atomic E-state index is 5.58. The minimum absolute atomic E-state index is 0.579. The standard InChI is InChI=1S/C20H21N3O2S/c1-4-25-19-11-15(7-10-18(19)24-3)12-21-23-20-22-17(13-26-20)16-8-5-14(2)6-9-16/h5-13H,4H2,1-3H3,(H,22,23)/b21-12-. The Kier molecular flexibility index (Phi) is 5.86. The number of rotatable bonds is 7. The quantitative estimate of drug-likeness (QED) is 0.473. The molecular weight excluding hydrogens is 346 g/mol. The van der Waals surface area contributed by atoms with E-state index in [0.29, 0.717) is 18.1 Å². The summed E-state index contributed by atoms with van der Waals surface area (Å²) in [6.45, 7) is 4.59. The average molecular weight is 367 g/mol. The maximum Gasteiger partial charge on any atom is 0.203 e. The van der Waals surface area contributed by atoms with E-state index in [-0.39, 0.29) is 0 Å². The van der Waals surface area contributed by atoms with Crippen LogP contribution in [0.4, 0.5) is 5.13 Å². The summed E-state index contributed by atoms with van der Waals surface area (Å²) in [5.74, 6) is 1.41. The van der Waals surface area contributed by atoms with Crippen LogP contribution in [0.15, 0.2) is 52.9 Å². The molecule has 134 valence electrons. The van der Waals surface area contributed by atoms with Crippen molar-refractivity contribution >= 4 is 22.7 Å². The topological polar surface area (TPSA) is 55.7 Å². The lowest BCUT2D eigenvalue weighted by atomic mass is 10.1. The number of aryl methyl sites for hydroxylation is 1. The number of benzene rings is 2. The monoisotopic (exact) mass is 367 g/mol. The summed E-state index contributed by atoms with van der Waals surface area (Å²) in [5, 5.41) is 7.03. The lowest BCUT2D eigenvalue weighted by molar-refractivity contribution is 0.311. The third-order valence-electron chi connectivity index (χ3n) is 3.71. The molecule has 0 spiro atoms. The third-order valence-corrected chi connectivity index (χ3v) is 4.46. The van der Waals surface area contributed by atoms with Gasteiger partial charge in [0.05, 0.1) is 25.6 Å². The van der Waals surface area contributed by atoms with Crippen molar-refractivity contribution in [2.45, 2.75) is 13.8 Å². The van der Waals surface area contributed by atoms with Crippen LogP contribution in [-0.4, -0.2) is 24.9 Å². The molecule has 0 unspecified atom stereocenters. The summed E-state index contributed by atoms with van der Waals surface area (Å²) in [6.07, 6.45) is 1.73. The lowest BCUT2D eigenvalue weighted by Gasteiger charge is -2.09. The van der Waals surface area contributed by atoms with E-state index in [1.165, 1.54) is 16.9 Å². The van der Waals surface area contributed by atoms with Gasteiger partial charge in [-0.2, -0.15) is 5.10 Å². The van der Waals surface area contributed by atoms with Gasteiger partial charge in [-0.05, 0) is 37.6 Å². The number of hydrogen-bond acceptors (Lipinski definition) is 6. The van der Waals surface area contributed by atoms with Crippen molar-refractivity contribution in [3.63, 3.8) is 0 Å². The molecule has 5 nitrogen and oxygen atoms in total. The predicted molar refractivity (Wildman–Crippen MR) is 108 cm³/mol. The largest absolute Gasteiger partial charge is 0.493 e. The smallest absolute Gasteiger partial charge is 0.203 e. The van der Waals surface area contributed by atoms with Crippen molar-refractivity contribution in [1.29, 1.82) is 0 Å². The molecule has 3 rings (SSSR count). The van der Waals surface area contributed by atoms with E-state index in [9.17, 15) is 0 Å². The van der Waals surface area contributed by atoms with Gasteiger partial charge in [-0.15, -0.1) is 11.3 Å². The fourth-order valence-electron chi connectivity index (χ4n) is 2.39. The molecular formula is C20H21N3O2S. The molecule has 1 N–H and O–H groups in total. The van der Waals surface area contributed by atoms with Gasteiger partial charge in [0.2, 0.25) is 5.13 Å². The Morgan fingerprint density at radius 1 is 1.15 bits per heavy atom. The second kappa shape index (κ2) is 8.49. The highest BCUT2D eigenvalue weighted by atomic mass is 32.1. The van der Waals surface area contributed by atoms with Crippen LogP contribution < -0.4 is 14.9 Å². The van der Waals surface area contributed by atoms with E-state index in [0.717, 1.165) is 22.0 Å². The van der Waals surface area contributed by atoms with Crippen LogP contribution in [-0.2, 0) is 0 Å². The first-order chi connectivity index (χ1) is 12.7. The fourth-order valence-corrected chi connectivity index (χ4v) is 3.05. The molecule has 0 aliphatic carbocycles. The van der Waals surface area contributed by atoms with E-state index < -0.39 is 0 Å². The van der Waals surface area contributed by atoms with Crippen molar-refractivity contribution in [3.8, 4) is 22.8 Å². The summed E-state index contributed by atoms with van der Waals surface area (Å²) in [7, 11) is 1.63. The van der Waals surface area contributed by atoms with Crippen molar-refractivity contribution in [2.75, 3.05) is 19.1 Å². The first kappa shape index (κ1) is 17.9. The molecule has 0 bridgehead atoms. The number of nitrogens with one attached hydrogen (secondary N) is 1. The second-order valence-electron chi connectivity index (χ2n) is 5.62. The minimum atomic E-state index is 0.579. The molecule has 0 fully saturated rings. The number of methoxy groups -OCH3 is 1. The zero-order chi connectivity index (χ0) is 18.4. The van der Waals surface area contributed by atoms with Gasteiger partial charge in [0.1, 0.15) is 0 Å². The molecule has 6 heteroatoms. The average Bonchev–Trinajstić information content (AvgIpc) is 3.12. The highest BCUT2D eigenvalue weighted by molar-refractivity contribution is 7.14. The molecule has 0 saturated carbocycles. The van der Waals surface area contributed by atoms with Crippen LogP contribution in [0.1, 0.15) is 18.1 Å². The molecule has 1 heterocycles. The molecule has 1 aromatic heterocycles. The SMILES string of the molecule is CCOc1cc(/C=N\Nc2nc(-c3ccc(C)cc3)cs2)ccc1OC. The van der Waals surface area contributed by atoms with Crippen molar-refractivity contribution in [1.82, 2.24) is 4.98 Å². The van der Waals surface area contributed by atoms with Crippen LogP contribution in [0.25, 0.3) is 11.3 Å². The highest BCUT2D eigenvalue weighted by Gasteiger charge is 2.05. The molecule has 0 atom stereocenters. The van der Waals surface area contributed by atoms with E-state index in [4.69, 9.17) is 9.47 Å². The zero-order valence-corrected chi connectivity index (χ0v) is 15.8. The van der Waals surface area contributed by atoms with E-state index in [1.54, 1.807) is 13.3 Å². The van der Waals surface area contributed by atoms with Gasteiger partial charge < -0.3 is 9.47 Å². The molecule has 26 heavy (non-hydrogen) atoms. The normalized spacial score (nSPS) is 10.9. The number of thiazole rings is 1. The van der Waals surface area contributed by atoms with Crippen molar-refractivity contribution < 1.29 is 9.47 Å². The van der Waals surface area contributed by atoms with Gasteiger partial charge in [0.25, 0.3) is 0 Å². The van der Waals surface area contributed by atoms with Gasteiger partial charge in [-0.3, -0.25) is 5.43 Å². The second-order valence-corrected chi connectivity index (χ2v) is 6.48. The summed E-state index contributed by atoms with van der Waals surface area (Å²) in [5.41, 5.74) is 7.17. The number of anilines is 1. The van der Waals surface area contributed by atoms with Crippen molar-refractivity contribution in [3.05, 3.63) is 59.0 Å². The van der Waals surface area contributed by atoms with Crippen LogP contribution in [0.3, 0.4) is 0 Å². The summed E-state index contributed by atoms with van der Waals surface area (Å²) in [6, 6.07) is 14.0. The Bertz CT molecular complexity index is 888. The predicted octanol–water partition coefficient (Wildman–Crippen LogP) is 4.97. The molecule has 0 radical (unpaired) electrons. The molecule has 0 amide bonds. The highest BCUT2D eigenvalue weighted by Crippen LogP contribution is 2.28. The first-order valence-corrected chi connectivity index (χ1v) is 9.20. The summed E-state index contributed by atoms with van der Waals surface area (Å²) < 4.78 is 10.9. The Labute approximate surface area is 157 Å². The molecule has 0 aliphatic heterocycles. The Morgan fingerprint density at radius 3 is 2.69 bits per heavy atom. The lowest BCUT2D eigenvalue weighted by Crippen LogP contribution is -1.97. The van der Waals surface area contributed by atoms with Gasteiger partial charge >= 0.3 is 0 Å². The van der Waals surface area contributed by atoms with Crippen LogP contribution in [0, 0.1) is 6.92 Å². The van der Waals surface area contributed by atoms with Crippen molar-refractivity contribution in [2.24, 2.45) is 5.10 Å². The van der Waals surface area contributed by atoms with E-state index >= 15 is 0 Å². The Morgan fingerprint density at radius 2 is 1.96 bits per heavy atom. The summed E-state index contributed by atoms with van der Waals surface area (Å²) in [4.78, 5) is 4.56. The number of nitrogens with zero attached hydrogens (tertiary/aromatic N) is 2. The van der Waals surface area contributed by atoms with Gasteiger partial charge in [0.15, 0.2) is 11.5 Å². The Hall–Kier alpha value is -2.86. The van der Waals surface area contributed by atoms with Crippen LogP contribution >= 0.6 is 11.3 Å². The third kappa shape index (κ3) is 4.40. The fraction of sp³-hybridized carbons (Fsp3) is 0.200. The summed E-state index contributed by atoms with van der Waals surface area (Å²) >= 11 is 1.52. The number of aromatic nitrogens is 1. The first-order valence-electron chi connectivity index (χ1n) is 8.32. The molecule has 0 saturated heterocycles. The molecule has 2 aromatic carbocycles. The Balaban J connectivity index is 1.67. The molecule has 3 aromatic rings. The van der Waals surface area contributed by atoms with Crippen LogP contribution in [0.5, 0.6) is 11.5 Å². The zero-order valence-electron chi connectivity index (χ0n) is 15.0. The maximum absolute atomic E-state index is 5.58. The molecule has 0 aliphatic rings. The number of hydrazone groups is 1. The van der Waals surface area contributed by atoms with E-state index in [1.807, 2.05) is 30.5 Å². The van der Waals surface area contributed by atoms with Gasteiger partial charge in [-0.1, -0.05) is 29.8 Å². The van der Waals surface area contributed by atoms with Gasteiger partial charge in [0, 0.05) is 10.9 Å². The number of hydrogen-bond donors (Lipinski definition) is 1. The van der Waals surface area contributed by atoms with Crippen LogP contribution in [0.2, 0.25) is 0 Å². The number of ether oxygens (including phenoxy) is 2.